The fourth-order valence-electron chi connectivity index (χ4n) is 3.93. The van der Waals surface area contributed by atoms with Crippen molar-refractivity contribution in [3.05, 3.63) is 44.8 Å². The van der Waals surface area contributed by atoms with Crippen molar-refractivity contribution in [3.8, 4) is 11.8 Å². The molecule has 0 unspecified atom stereocenters. The number of nitrogens with zero attached hydrogens (tertiary/aromatic N) is 1. The number of benzene rings is 1. The van der Waals surface area contributed by atoms with Gasteiger partial charge >= 0.3 is 5.97 Å². The van der Waals surface area contributed by atoms with Crippen molar-refractivity contribution in [2.45, 2.75) is 71.6 Å². The Morgan fingerprint density at radius 3 is 2.53 bits per heavy atom. The normalized spacial score (nSPS) is 13.4. The number of carbonyl (C=O) groups is 2. The molecule has 1 heterocycles. The molecule has 0 atom stereocenters. The Bertz CT molecular complexity index is 1060. The highest BCUT2D eigenvalue weighted by molar-refractivity contribution is 7.16. The van der Waals surface area contributed by atoms with E-state index in [4.69, 9.17) is 4.74 Å². The number of amides is 1. The number of fused-ring (bicyclic) bond motifs is 1. The second kappa shape index (κ2) is 10.2. The SMILES string of the molecule is CC(C)c1cc(C(=O)OCC(=O)Nc2sc3c(c2C#N)CCCCC3)c(O)c(C(C)C)c1. The molecule has 170 valence electrons. The molecule has 2 N–H and O–H groups in total. The number of rotatable bonds is 6. The van der Waals surface area contributed by atoms with Crippen LogP contribution < -0.4 is 5.32 Å². The van der Waals surface area contributed by atoms with E-state index in [0.29, 0.717) is 16.1 Å². The van der Waals surface area contributed by atoms with Crippen LogP contribution in [0.15, 0.2) is 12.1 Å². The van der Waals surface area contributed by atoms with Crippen molar-refractivity contribution in [2.24, 2.45) is 0 Å². The topological polar surface area (TPSA) is 99.4 Å². The molecule has 0 saturated heterocycles. The zero-order valence-corrected chi connectivity index (χ0v) is 19.9. The van der Waals surface area contributed by atoms with Crippen LogP contribution in [-0.2, 0) is 22.4 Å². The summed E-state index contributed by atoms with van der Waals surface area (Å²) in [6, 6.07) is 5.75. The Hall–Kier alpha value is -2.85. The molecule has 2 aromatic rings. The number of carbonyl (C=O) groups excluding carboxylic acids is 2. The van der Waals surface area contributed by atoms with Crippen molar-refractivity contribution in [2.75, 3.05) is 11.9 Å². The standard InChI is InChI=1S/C25H30N2O4S/c1-14(2)16-10-18(15(3)4)23(29)19(11-16)25(30)31-13-22(28)27-24-20(12-26)17-8-6-5-7-9-21(17)32-24/h10-11,14-15,29H,5-9,13H2,1-4H3,(H,27,28). The van der Waals surface area contributed by atoms with Crippen LogP contribution in [-0.4, -0.2) is 23.6 Å². The van der Waals surface area contributed by atoms with Crippen molar-refractivity contribution >= 4 is 28.2 Å². The molecule has 7 heteroatoms. The number of aryl methyl sites for hydroxylation is 1. The first-order valence-corrected chi connectivity index (χ1v) is 11.9. The van der Waals surface area contributed by atoms with Gasteiger partial charge in [-0.15, -0.1) is 11.3 Å². The van der Waals surface area contributed by atoms with Crippen LogP contribution in [0.1, 0.15) is 96.3 Å². The second-order valence-electron chi connectivity index (χ2n) is 8.82. The second-order valence-corrected chi connectivity index (χ2v) is 9.93. The van der Waals surface area contributed by atoms with E-state index < -0.39 is 18.5 Å². The highest BCUT2D eigenvalue weighted by Crippen LogP contribution is 2.37. The molecule has 0 bridgehead atoms. The largest absolute Gasteiger partial charge is 0.507 e. The van der Waals surface area contributed by atoms with E-state index in [1.165, 1.54) is 11.3 Å². The summed E-state index contributed by atoms with van der Waals surface area (Å²) in [6.45, 7) is 7.41. The monoisotopic (exact) mass is 454 g/mol. The van der Waals surface area contributed by atoms with Gasteiger partial charge in [-0.05, 0) is 60.3 Å². The zero-order valence-electron chi connectivity index (χ0n) is 19.1. The average Bonchev–Trinajstić information content (AvgIpc) is 2.90. The number of ether oxygens (including phenoxy) is 1. The van der Waals surface area contributed by atoms with Gasteiger partial charge in [-0.2, -0.15) is 5.26 Å². The highest BCUT2D eigenvalue weighted by Gasteiger charge is 2.23. The Morgan fingerprint density at radius 2 is 1.88 bits per heavy atom. The molecule has 0 radical (unpaired) electrons. The summed E-state index contributed by atoms with van der Waals surface area (Å²) < 4.78 is 5.22. The van der Waals surface area contributed by atoms with Gasteiger partial charge in [0, 0.05) is 4.88 Å². The van der Waals surface area contributed by atoms with Crippen molar-refractivity contribution in [3.63, 3.8) is 0 Å². The van der Waals surface area contributed by atoms with E-state index in [2.05, 4.69) is 11.4 Å². The maximum atomic E-state index is 12.7. The Balaban J connectivity index is 1.72. The van der Waals surface area contributed by atoms with E-state index in [-0.39, 0.29) is 23.1 Å². The van der Waals surface area contributed by atoms with Gasteiger partial charge in [0.25, 0.3) is 5.91 Å². The first kappa shape index (κ1) is 23.8. The number of hydrogen-bond acceptors (Lipinski definition) is 6. The number of anilines is 1. The number of phenols is 1. The minimum absolute atomic E-state index is 0.0296. The van der Waals surface area contributed by atoms with E-state index in [1.807, 2.05) is 33.8 Å². The third-order valence-corrected chi connectivity index (χ3v) is 7.00. The molecule has 0 spiro atoms. The number of phenolic OH excluding ortho intramolecular Hbond substituents is 1. The van der Waals surface area contributed by atoms with E-state index in [9.17, 15) is 20.0 Å². The van der Waals surface area contributed by atoms with Crippen LogP contribution in [0.4, 0.5) is 5.00 Å². The molecular formula is C25H30N2O4S. The summed E-state index contributed by atoms with van der Waals surface area (Å²) in [6.07, 6.45) is 5.04. The lowest BCUT2D eigenvalue weighted by Crippen LogP contribution is -2.21. The molecule has 0 saturated carbocycles. The van der Waals surface area contributed by atoms with Crippen LogP contribution in [0.25, 0.3) is 0 Å². The smallest absolute Gasteiger partial charge is 0.342 e. The van der Waals surface area contributed by atoms with E-state index in [0.717, 1.165) is 48.1 Å². The van der Waals surface area contributed by atoms with E-state index in [1.54, 1.807) is 6.07 Å². The predicted molar refractivity (Wildman–Crippen MR) is 125 cm³/mol. The molecule has 1 aromatic heterocycles. The Labute approximate surface area is 193 Å². The lowest BCUT2D eigenvalue weighted by atomic mass is 9.92. The van der Waals surface area contributed by atoms with Crippen LogP contribution in [0.5, 0.6) is 5.75 Å². The number of nitriles is 1. The minimum atomic E-state index is -0.746. The van der Waals surface area contributed by atoms with Gasteiger partial charge in [0.1, 0.15) is 22.4 Å². The minimum Gasteiger partial charge on any atom is -0.507 e. The predicted octanol–water partition coefficient (Wildman–Crippen LogP) is 5.64. The molecule has 0 fully saturated rings. The van der Waals surface area contributed by atoms with Crippen LogP contribution in [0.2, 0.25) is 0 Å². The Kier molecular flexibility index (Phi) is 7.57. The third kappa shape index (κ3) is 5.13. The molecule has 1 aromatic carbocycles. The van der Waals surface area contributed by atoms with Gasteiger partial charge in [0.05, 0.1) is 5.56 Å². The first-order chi connectivity index (χ1) is 15.2. The highest BCUT2D eigenvalue weighted by atomic mass is 32.1. The first-order valence-electron chi connectivity index (χ1n) is 11.1. The third-order valence-electron chi connectivity index (χ3n) is 5.79. The van der Waals surface area contributed by atoms with Crippen LogP contribution >= 0.6 is 11.3 Å². The van der Waals surface area contributed by atoms with E-state index >= 15 is 0 Å². The molecule has 3 rings (SSSR count). The van der Waals surface area contributed by atoms with Gasteiger partial charge < -0.3 is 15.2 Å². The summed E-state index contributed by atoms with van der Waals surface area (Å²) in [5.41, 5.74) is 3.22. The summed E-state index contributed by atoms with van der Waals surface area (Å²) in [5.74, 6) is -1.16. The zero-order chi connectivity index (χ0) is 23.4. The molecule has 0 aliphatic heterocycles. The summed E-state index contributed by atoms with van der Waals surface area (Å²) >= 11 is 1.44. The number of aromatic hydroxyl groups is 1. The average molecular weight is 455 g/mol. The molecular weight excluding hydrogens is 424 g/mol. The van der Waals surface area contributed by atoms with Gasteiger partial charge in [0.15, 0.2) is 6.61 Å². The number of esters is 1. The number of nitrogens with one attached hydrogen (secondary N) is 1. The molecule has 32 heavy (non-hydrogen) atoms. The van der Waals surface area contributed by atoms with Crippen molar-refractivity contribution in [1.82, 2.24) is 0 Å². The lowest BCUT2D eigenvalue weighted by Gasteiger charge is -2.16. The molecule has 1 amide bonds. The van der Waals surface area contributed by atoms with Crippen molar-refractivity contribution < 1.29 is 19.4 Å². The quantitative estimate of drug-likeness (QED) is 0.435. The van der Waals surface area contributed by atoms with Crippen molar-refractivity contribution in [1.29, 1.82) is 5.26 Å². The number of hydrogen-bond donors (Lipinski definition) is 2. The van der Waals surface area contributed by atoms with Gasteiger partial charge in [-0.3, -0.25) is 4.79 Å². The fourth-order valence-corrected chi connectivity index (χ4v) is 5.19. The fraction of sp³-hybridized carbons (Fsp3) is 0.480. The molecule has 1 aliphatic carbocycles. The Morgan fingerprint density at radius 1 is 1.16 bits per heavy atom. The van der Waals surface area contributed by atoms with Gasteiger partial charge in [-0.1, -0.05) is 40.2 Å². The molecule has 6 nitrogen and oxygen atoms in total. The number of thiophene rings is 1. The maximum absolute atomic E-state index is 12.7. The summed E-state index contributed by atoms with van der Waals surface area (Å²) in [5, 5.41) is 23.4. The lowest BCUT2D eigenvalue weighted by molar-refractivity contribution is -0.119. The summed E-state index contributed by atoms with van der Waals surface area (Å²) in [4.78, 5) is 26.3. The van der Waals surface area contributed by atoms with Crippen LogP contribution in [0, 0.1) is 11.3 Å². The maximum Gasteiger partial charge on any atom is 0.342 e. The molecule has 1 aliphatic rings. The van der Waals surface area contributed by atoms with Gasteiger partial charge in [-0.25, -0.2) is 4.79 Å². The van der Waals surface area contributed by atoms with Gasteiger partial charge in [0.2, 0.25) is 0 Å². The van der Waals surface area contributed by atoms with Crippen LogP contribution in [0.3, 0.4) is 0 Å². The summed E-state index contributed by atoms with van der Waals surface area (Å²) in [7, 11) is 0.